The van der Waals surface area contributed by atoms with E-state index in [9.17, 15) is 18.8 Å². The lowest BCUT2D eigenvalue weighted by atomic mass is 9.85. The number of imide groups is 1. The Labute approximate surface area is 156 Å². The van der Waals surface area contributed by atoms with E-state index in [4.69, 9.17) is 4.74 Å². The molecule has 3 aliphatic rings. The van der Waals surface area contributed by atoms with Gasteiger partial charge < -0.3 is 9.64 Å². The lowest BCUT2D eigenvalue weighted by Crippen LogP contribution is -2.43. The van der Waals surface area contributed by atoms with E-state index in [1.54, 1.807) is 7.05 Å². The molecule has 6 nitrogen and oxygen atoms in total. The first-order valence-electron chi connectivity index (χ1n) is 9.11. The number of rotatable bonds is 6. The van der Waals surface area contributed by atoms with Gasteiger partial charge in [0, 0.05) is 7.05 Å². The van der Waals surface area contributed by atoms with E-state index < -0.39 is 0 Å². The predicted molar refractivity (Wildman–Crippen MR) is 94.0 cm³/mol. The quantitative estimate of drug-likeness (QED) is 0.560. The van der Waals surface area contributed by atoms with Gasteiger partial charge in [-0.1, -0.05) is 12.2 Å². The summed E-state index contributed by atoms with van der Waals surface area (Å²) in [5.74, 6) is -0.866. The summed E-state index contributed by atoms with van der Waals surface area (Å²) in [7, 11) is 1.60. The molecule has 27 heavy (non-hydrogen) atoms. The molecule has 2 fully saturated rings. The van der Waals surface area contributed by atoms with Gasteiger partial charge in [0.05, 0.1) is 18.4 Å². The molecule has 1 heterocycles. The van der Waals surface area contributed by atoms with Crippen molar-refractivity contribution in [3.05, 3.63) is 42.2 Å². The highest BCUT2D eigenvalue weighted by molar-refractivity contribution is 6.08. The van der Waals surface area contributed by atoms with Gasteiger partial charge in [-0.05, 0) is 42.5 Å². The molecule has 1 aromatic carbocycles. The summed E-state index contributed by atoms with van der Waals surface area (Å²) < 4.78 is 18.3. The minimum Gasteiger partial charge on any atom is -0.492 e. The summed E-state index contributed by atoms with van der Waals surface area (Å²) in [4.78, 5) is 40.2. The molecular formula is C20H21FN2O4. The van der Waals surface area contributed by atoms with E-state index in [0.717, 1.165) is 11.3 Å². The van der Waals surface area contributed by atoms with E-state index in [1.807, 2.05) is 12.2 Å². The Bertz CT molecular complexity index is 777. The molecule has 7 heteroatoms. The number of halogens is 1. The van der Waals surface area contributed by atoms with Crippen LogP contribution in [0.4, 0.5) is 4.39 Å². The number of benzene rings is 1. The molecule has 0 N–H and O–H groups in total. The highest BCUT2D eigenvalue weighted by Crippen LogP contribution is 2.52. The number of allylic oxidation sites excluding steroid dienone is 2. The van der Waals surface area contributed by atoms with Crippen LogP contribution in [0.3, 0.4) is 0 Å². The molecular weight excluding hydrogens is 351 g/mol. The zero-order valence-electron chi connectivity index (χ0n) is 15.0. The fraction of sp³-hybridized carbons (Fsp3) is 0.450. The van der Waals surface area contributed by atoms with Crippen LogP contribution in [0.5, 0.6) is 5.75 Å². The maximum Gasteiger partial charge on any atom is 0.242 e. The van der Waals surface area contributed by atoms with Crippen LogP contribution in [-0.4, -0.2) is 54.3 Å². The van der Waals surface area contributed by atoms with Crippen LogP contribution in [0.2, 0.25) is 0 Å². The summed E-state index contributed by atoms with van der Waals surface area (Å²) in [5, 5.41) is 0. The second-order valence-corrected chi connectivity index (χ2v) is 7.38. The normalized spacial score (nSPS) is 28.0. The van der Waals surface area contributed by atoms with Crippen LogP contribution in [0.15, 0.2) is 36.4 Å². The zero-order chi connectivity index (χ0) is 19.1. The molecule has 2 bridgehead atoms. The SMILES string of the molecule is CN(CCOc1ccc(F)cc1)C(=O)CN1C(=O)C2C3C=CC(C3)C2C1=O. The molecule has 2 aliphatic carbocycles. The first kappa shape index (κ1) is 17.7. The monoisotopic (exact) mass is 372 g/mol. The Balaban J connectivity index is 1.29. The number of hydrogen-bond donors (Lipinski definition) is 0. The third-order valence-corrected chi connectivity index (χ3v) is 5.79. The lowest BCUT2D eigenvalue weighted by molar-refractivity contribution is -0.146. The Morgan fingerprint density at radius 1 is 1.15 bits per heavy atom. The van der Waals surface area contributed by atoms with Crippen molar-refractivity contribution in [1.29, 1.82) is 0 Å². The summed E-state index contributed by atoms with van der Waals surface area (Å²) in [6, 6.07) is 5.63. The van der Waals surface area contributed by atoms with Gasteiger partial charge in [-0.25, -0.2) is 4.39 Å². The largest absolute Gasteiger partial charge is 0.492 e. The van der Waals surface area contributed by atoms with Gasteiger partial charge in [-0.2, -0.15) is 0 Å². The van der Waals surface area contributed by atoms with Crippen LogP contribution < -0.4 is 4.74 Å². The molecule has 142 valence electrons. The minimum absolute atomic E-state index is 0.137. The fourth-order valence-corrected chi connectivity index (χ4v) is 4.33. The molecule has 4 atom stereocenters. The van der Waals surface area contributed by atoms with E-state index in [0.29, 0.717) is 12.3 Å². The molecule has 1 saturated carbocycles. The van der Waals surface area contributed by atoms with Crippen molar-refractivity contribution in [2.45, 2.75) is 6.42 Å². The minimum atomic E-state index is -0.344. The number of likely N-dealkylation sites (tertiary alicyclic amines) is 1. The summed E-state index contributed by atoms with van der Waals surface area (Å²) in [6.45, 7) is 0.304. The number of nitrogens with zero attached hydrogens (tertiary/aromatic N) is 2. The van der Waals surface area contributed by atoms with Gasteiger partial charge in [0.15, 0.2) is 0 Å². The third-order valence-electron chi connectivity index (χ3n) is 5.79. The van der Waals surface area contributed by atoms with Crippen LogP contribution >= 0.6 is 0 Å². The second-order valence-electron chi connectivity index (χ2n) is 7.38. The number of carbonyl (C=O) groups is 3. The first-order valence-corrected chi connectivity index (χ1v) is 9.11. The van der Waals surface area contributed by atoms with Crippen molar-refractivity contribution in [3.8, 4) is 5.75 Å². The first-order chi connectivity index (χ1) is 13.0. The van der Waals surface area contributed by atoms with Crippen molar-refractivity contribution >= 4 is 17.7 Å². The Kier molecular flexibility index (Phi) is 4.45. The Morgan fingerprint density at radius 3 is 2.33 bits per heavy atom. The topological polar surface area (TPSA) is 66.9 Å². The summed E-state index contributed by atoms with van der Waals surface area (Å²) in [6.07, 6.45) is 4.93. The highest BCUT2D eigenvalue weighted by atomic mass is 19.1. The maximum absolute atomic E-state index is 12.9. The molecule has 1 saturated heterocycles. The molecule has 1 aromatic rings. The van der Waals surface area contributed by atoms with E-state index >= 15 is 0 Å². The van der Waals surface area contributed by atoms with Crippen molar-refractivity contribution in [2.75, 3.05) is 26.7 Å². The maximum atomic E-state index is 12.9. The molecule has 1 aliphatic heterocycles. The van der Waals surface area contributed by atoms with Gasteiger partial charge >= 0.3 is 0 Å². The molecule has 0 spiro atoms. The number of hydrogen-bond acceptors (Lipinski definition) is 4. The lowest BCUT2D eigenvalue weighted by Gasteiger charge is -2.22. The second kappa shape index (κ2) is 6.79. The summed E-state index contributed by atoms with van der Waals surface area (Å²) >= 11 is 0. The van der Waals surface area contributed by atoms with Gasteiger partial charge in [0.25, 0.3) is 0 Å². The average Bonchev–Trinajstić information content (AvgIpc) is 3.33. The van der Waals surface area contributed by atoms with E-state index in [1.165, 1.54) is 29.2 Å². The number of ether oxygens (including phenoxy) is 1. The number of likely N-dealkylation sites (N-methyl/N-ethyl adjacent to an activating group) is 1. The molecule has 4 unspecified atom stereocenters. The molecule has 4 rings (SSSR count). The number of amides is 3. The van der Waals surface area contributed by atoms with Gasteiger partial charge in [-0.3, -0.25) is 19.3 Å². The Hall–Kier alpha value is -2.70. The van der Waals surface area contributed by atoms with Crippen LogP contribution in [0.1, 0.15) is 6.42 Å². The number of fused-ring (bicyclic) bond motifs is 5. The standard InChI is InChI=1S/C20H21FN2O4/c1-22(8-9-27-15-6-4-14(21)5-7-15)16(24)11-23-19(25)17-12-2-3-13(10-12)18(17)20(23)26/h2-7,12-13,17-18H,8-11H2,1H3. The van der Waals surface area contributed by atoms with Gasteiger partial charge in [0.1, 0.15) is 24.7 Å². The van der Waals surface area contributed by atoms with E-state index in [-0.39, 0.29) is 60.4 Å². The van der Waals surface area contributed by atoms with Crippen molar-refractivity contribution in [2.24, 2.45) is 23.7 Å². The Morgan fingerprint density at radius 2 is 1.74 bits per heavy atom. The van der Waals surface area contributed by atoms with Gasteiger partial charge in [-0.15, -0.1) is 0 Å². The van der Waals surface area contributed by atoms with Crippen LogP contribution in [0, 0.1) is 29.5 Å². The molecule has 0 aromatic heterocycles. The van der Waals surface area contributed by atoms with E-state index in [2.05, 4.69) is 0 Å². The van der Waals surface area contributed by atoms with Crippen molar-refractivity contribution in [3.63, 3.8) is 0 Å². The number of carbonyl (C=O) groups excluding carboxylic acids is 3. The molecule has 3 amide bonds. The van der Waals surface area contributed by atoms with Crippen molar-refractivity contribution in [1.82, 2.24) is 9.80 Å². The zero-order valence-corrected chi connectivity index (χ0v) is 15.0. The van der Waals surface area contributed by atoms with Crippen LogP contribution in [-0.2, 0) is 14.4 Å². The molecule has 0 radical (unpaired) electrons. The fourth-order valence-electron chi connectivity index (χ4n) is 4.33. The predicted octanol–water partition coefficient (Wildman–Crippen LogP) is 1.47. The average molecular weight is 372 g/mol. The third kappa shape index (κ3) is 3.11. The smallest absolute Gasteiger partial charge is 0.242 e. The van der Waals surface area contributed by atoms with Crippen molar-refractivity contribution < 1.29 is 23.5 Å². The van der Waals surface area contributed by atoms with Gasteiger partial charge in [0.2, 0.25) is 17.7 Å². The van der Waals surface area contributed by atoms with Crippen LogP contribution in [0.25, 0.3) is 0 Å². The highest BCUT2D eigenvalue weighted by Gasteiger charge is 2.59. The summed E-state index contributed by atoms with van der Waals surface area (Å²) in [5.41, 5.74) is 0.